The van der Waals surface area contributed by atoms with E-state index in [1.165, 1.54) is 25.6 Å². The zero-order chi connectivity index (χ0) is 10.8. The number of halogens is 2. The third kappa shape index (κ3) is 2.61. The minimum absolute atomic E-state index is 0.459. The number of aromatic nitrogens is 2. The van der Waals surface area contributed by atoms with E-state index in [2.05, 4.69) is 38.1 Å². The van der Waals surface area contributed by atoms with Crippen molar-refractivity contribution in [2.75, 3.05) is 5.32 Å². The number of hydrogen-bond acceptors (Lipinski definition) is 3. The van der Waals surface area contributed by atoms with E-state index < -0.39 is 0 Å². The SMILES string of the molecule is CCCC1CC1Nc1ncnc(Cl)c1Br. The smallest absolute Gasteiger partial charge is 0.148 e. The molecule has 0 bridgehead atoms. The van der Waals surface area contributed by atoms with Gasteiger partial charge in [0.15, 0.2) is 0 Å². The molecule has 0 saturated heterocycles. The van der Waals surface area contributed by atoms with E-state index in [0.29, 0.717) is 11.2 Å². The number of nitrogens with one attached hydrogen (secondary N) is 1. The van der Waals surface area contributed by atoms with Crippen LogP contribution in [-0.4, -0.2) is 16.0 Å². The van der Waals surface area contributed by atoms with E-state index in [1.54, 1.807) is 0 Å². The Morgan fingerprint density at radius 1 is 1.60 bits per heavy atom. The number of nitrogens with zero attached hydrogens (tertiary/aromatic N) is 2. The molecule has 0 amide bonds. The lowest BCUT2D eigenvalue weighted by molar-refractivity contribution is 0.692. The first-order chi connectivity index (χ1) is 7.22. The highest BCUT2D eigenvalue weighted by Gasteiger charge is 2.36. The van der Waals surface area contributed by atoms with E-state index >= 15 is 0 Å². The van der Waals surface area contributed by atoms with Gasteiger partial charge in [-0.2, -0.15) is 0 Å². The first-order valence-electron chi connectivity index (χ1n) is 5.15. The first kappa shape index (κ1) is 11.1. The lowest BCUT2D eigenvalue weighted by atomic mass is 10.2. The molecule has 1 heterocycles. The Bertz CT molecular complexity index is 359. The average Bonchev–Trinajstić information content (AvgIpc) is 2.93. The maximum atomic E-state index is 5.88. The molecule has 1 aliphatic rings. The summed E-state index contributed by atoms with van der Waals surface area (Å²) in [6.07, 6.45) is 5.25. The van der Waals surface area contributed by atoms with Crippen LogP contribution in [0.4, 0.5) is 5.82 Å². The van der Waals surface area contributed by atoms with Crippen molar-refractivity contribution >= 4 is 33.3 Å². The summed E-state index contributed by atoms with van der Waals surface area (Å²) in [4.78, 5) is 8.05. The van der Waals surface area contributed by atoms with Gasteiger partial charge in [0, 0.05) is 6.04 Å². The van der Waals surface area contributed by atoms with Crippen LogP contribution in [0.15, 0.2) is 10.8 Å². The third-order valence-corrected chi connectivity index (χ3v) is 3.92. The molecule has 2 atom stereocenters. The maximum Gasteiger partial charge on any atom is 0.148 e. The Morgan fingerprint density at radius 3 is 3.13 bits per heavy atom. The van der Waals surface area contributed by atoms with Crippen LogP contribution >= 0.6 is 27.5 Å². The van der Waals surface area contributed by atoms with Crippen molar-refractivity contribution in [1.29, 1.82) is 0 Å². The summed E-state index contributed by atoms with van der Waals surface area (Å²) < 4.78 is 0.758. The van der Waals surface area contributed by atoms with Crippen LogP contribution in [0.3, 0.4) is 0 Å². The Morgan fingerprint density at radius 2 is 2.40 bits per heavy atom. The van der Waals surface area contributed by atoms with Crippen LogP contribution in [0.1, 0.15) is 26.2 Å². The molecule has 3 nitrogen and oxygen atoms in total. The maximum absolute atomic E-state index is 5.88. The topological polar surface area (TPSA) is 37.8 Å². The summed E-state index contributed by atoms with van der Waals surface area (Å²) in [5, 5.41) is 3.84. The molecule has 1 aliphatic carbocycles. The molecule has 5 heteroatoms. The highest BCUT2D eigenvalue weighted by Crippen LogP contribution is 2.38. The lowest BCUT2D eigenvalue weighted by Crippen LogP contribution is -2.07. The third-order valence-electron chi connectivity index (χ3n) is 2.65. The predicted molar refractivity (Wildman–Crippen MR) is 65.2 cm³/mol. The van der Waals surface area contributed by atoms with Gasteiger partial charge in [0.2, 0.25) is 0 Å². The largest absolute Gasteiger partial charge is 0.366 e. The molecule has 2 unspecified atom stereocenters. The van der Waals surface area contributed by atoms with E-state index in [4.69, 9.17) is 11.6 Å². The molecule has 1 saturated carbocycles. The second-order valence-corrected chi connectivity index (χ2v) is 5.01. The molecule has 1 fully saturated rings. The number of anilines is 1. The Balaban J connectivity index is 1.98. The second kappa shape index (κ2) is 4.66. The second-order valence-electron chi connectivity index (χ2n) is 3.86. The van der Waals surface area contributed by atoms with E-state index in [0.717, 1.165) is 16.2 Å². The van der Waals surface area contributed by atoms with Gasteiger partial charge in [-0.1, -0.05) is 24.9 Å². The monoisotopic (exact) mass is 289 g/mol. The minimum atomic E-state index is 0.459. The molecule has 0 spiro atoms. The molecule has 1 aromatic rings. The van der Waals surface area contributed by atoms with Crippen molar-refractivity contribution < 1.29 is 0 Å². The molecule has 0 aliphatic heterocycles. The van der Waals surface area contributed by atoms with Gasteiger partial charge in [0.05, 0.1) is 4.47 Å². The van der Waals surface area contributed by atoms with Gasteiger partial charge in [-0.15, -0.1) is 0 Å². The van der Waals surface area contributed by atoms with Crippen molar-refractivity contribution in [1.82, 2.24) is 9.97 Å². The fraction of sp³-hybridized carbons (Fsp3) is 0.600. The average molecular weight is 291 g/mol. The molecule has 1 aromatic heterocycles. The normalized spacial score (nSPS) is 23.9. The van der Waals surface area contributed by atoms with Crippen molar-refractivity contribution in [3.8, 4) is 0 Å². The molecule has 1 N–H and O–H groups in total. The van der Waals surface area contributed by atoms with E-state index in [1.807, 2.05) is 0 Å². The highest BCUT2D eigenvalue weighted by molar-refractivity contribution is 9.10. The standard InChI is InChI=1S/C10H13BrClN3/c1-2-3-6-4-7(6)15-10-8(11)9(12)13-5-14-10/h5-7H,2-4H2,1H3,(H,13,14,15). The van der Waals surface area contributed by atoms with Crippen molar-refractivity contribution in [3.05, 3.63) is 16.0 Å². The van der Waals surface area contributed by atoms with Crippen LogP contribution in [0.5, 0.6) is 0 Å². The van der Waals surface area contributed by atoms with E-state index in [-0.39, 0.29) is 0 Å². The van der Waals surface area contributed by atoms with Crippen LogP contribution < -0.4 is 5.32 Å². The van der Waals surface area contributed by atoms with Gasteiger partial charge in [0.1, 0.15) is 17.3 Å². The summed E-state index contributed by atoms with van der Waals surface area (Å²) in [5.74, 6) is 1.61. The Hall–Kier alpha value is -0.350. The summed E-state index contributed by atoms with van der Waals surface area (Å²) in [7, 11) is 0. The Kier molecular flexibility index (Phi) is 3.46. The van der Waals surface area contributed by atoms with Gasteiger partial charge < -0.3 is 5.32 Å². The van der Waals surface area contributed by atoms with Crippen LogP contribution in [0.25, 0.3) is 0 Å². The molecular weight excluding hydrogens is 277 g/mol. The van der Waals surface area contributed by atoms with Gasteiger partial charge in [-0.3, -0.25) is 0 Å². The lowest BCUT2D eigenvalue weighted by Gasteiger charge is -2.06. The fourth-order valence-electron chi connectivity index (χ4n) is 1.74. The minimum Gasteiger partial charge on any atom is -0.366 e. The first-order valence-corrected chi connectivity index (χ1v) is 6.32. The predicted octanol–water partition coefficient (Wildman–Crippen LogP) is 3.49. The summed E-state index contributed by atoms with van der Waals surface area (Å²) >= 11 is 9.25. The highest BCUT2D eigenvalue weighted by atomic mass is 79.9. The quantitative estimate of drug-likeness (QED) is 0.863. The molecule has 0 aromatic carbocycles. The fourth-order valence-corrected chi connectivity index (χ4v) is 2.19. The van der Waals surface area contributed by atoms with Crippen LogP contribution in [0, 0.1) is 5.92 Å². The molecule has 0 radical (unpaired) electrons. The molecule has 2 rings (SSSR count). The number of hydrogen-bond donors (Lipinski definition) is 1. The van der Waals surface area contributed by atoms with Gasteiger partial charge in [-0.05, 0) is 34.7 Å². The van der Waals surface area contributed by atoms with Crippen LogP contribution in [-0.2, 0) is 0 Å². The van der Waals surface area contributed by atoms with Gasteiger partial charge in [-0.25, -0.2) is 9.97 Å². The zero-order valence-corrected chi connectivity index (χ0v) is 10.8. The molecule has 82 valence electrons. The van der Waals surface area contributed by atoms with Gasteiger partial charge >= 0.3 is 0 Å². The van der Waals surface area contributed by atoms with Crippen LogP contribution in [0.2, 0.25) is 5.15 Å². The Labute approximate surface area is 103 Å². The summed E-state index contributed by atoms with van der Waals surface area (Å²) in [5.41, 5.74) is 0. The van der Waals surface area contributed by atoms with E-state index in [9.17, 15) is 0 Å². The van der Waals surface area contributed by atoms with Crippen molar-refractivity contribution in [2.24, 2.45) is 5.92 Å². The van der Waals surface area contributed by atoms with Crippen molar-refractivity contribution in [3.63, 3.8) is 0 Å². The zero-order valence-electron chi connectivity index (χ0n) is 8.50. The molecule has 15 heavy (non-hydrogen) atoms. The number of rotatable bonds is 4. The van der Waals surface area contributed by atoms with Gasteiger partial charge in [0.25, 0.3) is 0 Å². The summed E-state index contributed by atoms with van der Waals surface area (Å²) in [6, 6.07) is 0.562. The molecular formula is C10H13BrClN3. The summed E-state index contributed by atoms with van der Waals surface area (Å²) in [6.45, 7) is 2.22. The van der Waals surface area contributed by atoms with Crippen molar-refractivity contribution in [2.45, 2.75) is 32.2 Å².